The predicted molar refractivity (Wildman–Crippen MR) is 126 cm³/mol. The third-order valence-corrected chi connectivity index (χ3v) is 4.57. The van der Waals surface area contributed by atoms with E-state index in [1.807, 2.05) is 30.3 Å². The zero-order chi connectivity index (χ0) is 23.6. The average molecular weight is 452 g/mol. The number of aromatic nitrogens is 4. The Bertz CT molecular complexity index is 1300. The van der Waals surface area contributed by atoms with Crippen LogP contribution in [0.25, 0.3) is 0 Å². The molecular formula is C24H20N8O2. The largest absolute Gasteiger partial charge is 0.321 e. The molecule has 0 radical (unpaired) electrons. The fourth-order valence-corrected chi connectivity index (χ4v) is 3.01. The molecular weight excluding hydrogens is 432 g/mol. The van der Waals surface area contributed by atoms with Gasteiger partial charge in [0.05, 0.1) is 30.1 Å². The molecule has 0 atom stereocenters. The van der Waals surface area contributed by atoms with Crippen molar-refractivity contribution in [1.29, 1.82) is 0 Å². The molecule has 10 nitrogen and oxygen atoms in total. The molecule has 0 saturated carbocycles. The summed E-state index contributed by atoms with van der Waals surface area (Å²) in [4.78, 5) is 38.1. The highest BCUT2D eigenvalue weighted by Gasteiger charge is 2.24. The molecule has 4 aromatic rings. The topological polar surface area (TPSA) is 127 Å². The average Bonchev–Trinajstić information content (AvgIpc) is 3.29. The summed E-state index contributed by atoms with van der Waals surface area (Å²) in [5.74, 6) is -1.24. The third kappa shape index (κ3) is 5.82. The Morgan fingerprint density at radius 1 is 0.765 bits per heavy atom. The number of nitrogens with one attached hydrogen (secondary N) is 2. The molecule has 0 bridgehead atoms. The van der Waals surface area contributed by atoms with E-state index in [-0.39, 0.29) is 11.4 Å². The standard InChI is InChI=1S/C24H20N8O2/c33-23(30-28-14-19-10-4-6-12-25-19)21-22(24(34)31-29-15-20-11-5-7-13-26-20)32(17-27-21)16-18-8-2-1-3-9-18/h1-15,17H,16H2,(H,30,33)(H,31,34)/b28-14+,29-15+. The molecule has 2 amide bonds. The van der Waals surface area contributed by atoms with E-state index < -0.39 is 11.8 Å². The lowest BCUT2D eigenvalue weighted by atomic mass is 10.2. The van der Waals surface area contributed by atoms with Crippen LogP contribution in [0.1, 0.15) is 37.9 Å². The lowest BCUT2D eigenvalue weighted by molar-refractivity contribution is 0.0912. The molecule has 168 valence electrons. The van der Waals surface area contributed by atoms with Gasteiger partial charge in [0.1, 0.15) is 5.69 Å². The molecule has 0 unspecified atom stereocenters. The predicted octanol–water partition coefficient (Wildman–Crippen LogP) is 2.25. The summed E-state index contributed by atoms with van der Waals surface area (Å²) >= 11 is 0. The molecule has 0 aliphatic rings. The van der Waals surface area contributed by atoms with Crippen molar-refractivity contribution < 1.29 is 9.59 Å². The summed E-state index contributed by atoms with van der Waals surface area (Å²) in [6.07, 6.45) is 7.47. The van der Waals surface area contributed by atoms with E-state index >= 15 is 0 Å². The molecule has 3 aromatic heterocycles. The monoisotopic (exact) mass is 452 g/mol. The number of hydrazone groups is 2. The normalized spacial score (nSPS) is 11.1. The summed E-state index contributed by atoms with van der Waals surface area (Å²) < 4.78 is 1.58. The van der Waals surface area contributed by atoms with Gasteiger partial charge in [-0.25, -0.2) is 15.8 Å². The van der Waals surface area contributed by atoms with Crippen LogP contribution in [0.4, 0.5) is 0 Å². The van der Waals surface area contributed by atoms with Crippen LogP contribution in [0.5, 0.6) is 0 Å². The van der Waals surface area contributed by atoms with E-state index in [0.717, 1.165) is 5.56 Å². The van der Waals surface area contributed by atoms with Crippen molar-refractivity contribution >= 4 is 24.2 Å². The van der Waals surface area contributed by atoms with Crippen LogP contribution in [-0.2, 0) is 6.54 Å². The first-order chi connectivity index (χ1) is 16.7. The van der Waals surface area contributed by atoms with Crippen LogP contribution in [-0.4, -0.2) is 43.8 Å². The Kier molecular flexibility index (Phi) is 7.22. The second kappa shape index (κ2) is 11.0. The van der Waals surface area contributed by atoms with Crippen molar-refractivity contribution in [1.82, 2.24) is 30.4 Å². The fourth-order valence-electron chi connectivity index (χ4n) is 3.01. The fraction of sp³-hybridized carbons (Fsp3) is 0.0417. The van der Waals surface area contributed by atoms with Gasteiger partial charge in [-0.15, -0.1) is 0 Å². The molecule has 2 N–H and O–H groups in total. The van der Waals surface area contributed by atoms with Crippen molar-refractivity contribution in [2.24, 2.45) is 10.2 Å². The van der Waals surface area contributed by atoms with Crippen LogP contribution >= 0.6 is 0 Å². The molecule has 0 aliphatic carbocycles. The highest BCUT2D eigenvalue weighted by Crippen LogP contribution is 2.12. The molecule has 0 saturated heterocycles. The summed E-state index contributed by atoms with van der Waals surface area (Å²) in [7, 11) is 0. The summed E-state index contributed by atoms with van der Waals surface area (Å²) in [6.45, 7) is 0.338. The molecule has 3 heterocycles. The van der Waals surface area contributed by atoms with Crippen molar-refractivity contribution in [2.75, 3.05) is 0 Å². The Hall–Kier alpha value is -4.99. The number of carbonyl (C=O) groups excluding carboxylic acids is 2. The van der Waals surface area contributed by atoms with E-state index in [0.29, 0.717) is 17.9 Å². The maximum atomic E-state index is 13.0. The number of benzene rings is 1. The van der Waals surface area contributed by atoms with Gasteiger partial charge in [-0.3, -0.25) is 19.6 Å². The van der Waals surface area contributed by atoms with Crippen LogP contribution in [0.3, 0.4) is 0 Å². The van der Waals surface area contributed by atoms with Crippen molar-refractivity contribution in [2.45, 2.75) is 6.54 Å². The molecule has 0 spiro atoms. The van der Waals surface area contributed by atoms with Crippen LogP contribution < -0.4 is 10.9 Å². The smallest absolute Gasteiger partial charge is 0.292 e. The third-order valence-electron chi connectivity index (χ3n) is 4.57. The Labute approximate surface area is 195 Å². The number of hydrogen-bond acceptors (Lipinski definition) is 7. The second-order valence-electron chi connectivity index (χ2n) is 6.96. The number of pyridine rings is 2. The zero-order valence-corrected chi connectivity index (χ0v) is 17.9. The van der Waals surface area contributed by atoms with Gasteiger partial charge in [-0.2, -0.15) is 10.2 Å². The number of amides is 2. The Morgan fingerprint density at radius 3 is 1.94 bits per heavy atom. The molecule has 10 heteroatoms. The lowest BCUT2D eigenvalue weighted by Crippen LogP contribution is -2.27. The van der Waals surface area contributed by atoms with Crippen molar-refractivity contribution in [3.05, 3.63) is 114 Å². The van der Waals surface area contributed by atoms with E-state index in [1.54, 1.807) is 53.4 Å². The quantitative estimate of drug-likeness (QED) is 0.313. The zero-order valence-electron chi connectivity index (χ0n) is 17.9. The SMILES string of the molecule is O=C(N/N=C/c1ccccn1)c1ncn(Cc2ccccc2)c1C(=O)N/N=C/c1ccccn1. The minimum absolute atomic E-state index is 0.0487. The first kappa shape index (κ1) is 22.2. The summed E-state index contributed by atoms with van der Waals surface area (Å²) in [5, 5.41) is 7.86. The number of hydrogen-bond donors (Lipinski definition) is 2. The maximum Gasteiger partial charge on any atom is 0.292 e. The second-order valence-corrected chi connectivity index (χ2v) is 6.96. The summed E-state index contributed by atoms with van der Waals surface area (Å²) in [6, 6.07) is 20.2. The van der Waals surface area contributed by atoms with Gasteiger partial charge >= 0.3 is 0 Å². The first-order valence-corrected chi connectivity index (χ1v) is 10.3. The minimum Gasteiger partial charge on any atom is -0.321 e. The molecule has 0 aliphatic heterocycles. The highest BCUT2D eigenvalue weighted by molar-refractivity contribution is 6.05. The van der Waals surface area contributed by atoms with Crippen LogP contribution in [0.15, 0.2) is 95.7 Å². The van der Waals surface area contributed by atoms with Crippen molar-refractivity contribution in [3.63, 3.8) is 0 Å². The van der Waals surface area contributed by atoms with Gasteiger partial charge in [-0.05, 0) is 29.8 Å². The van der Waals surface area contributed by atoms with E-state index in [9.17, 15) is 9.59 Å². The minimum atomic E-state index is -0.641. The van der Waals surface area contributed by atoms with Crippen LogP contribution in [0, 0.1) is 0 Å². The maximum absolute atomic E-state index is 13.0. The molecule has 34 heavy (non-hydrogen) atoms. The number of rotatable bonds is 8. The molecule has 0 fully saturated rings. The van der Waals surface area contributed by atoms with Crippen molar-refractivity contribution in [3.8, 4) is 0 Å². The summed E-state index contributed by atoms with van der Waals surface area (Å²) in [5.41, 5.74) is 6.87. The van der Waals surface area contributed by atoms with E-state index in [4.69, 9.17) is 0 Å². The van der Waals surface area contributed by atoms with Crippen LogP contribution in [0.2, 0.25) is 0 Å². The highest BCUT2D eigenvalue weighted by atomic mass is 16.2. The van der Waals surface area contributed by atoms with Gasteiger partial charge in [0, 0.05) is 18.9 Å². The van der Waals surface area contributed by atoms with Gasteiger partial charge in [-0.1, -0.05) is 42.5 Å². The van der Waals surface area contributed by atoms with E-state index in [1.165, 1.54) is 18.8 Å². The Balaban J connectivity index is 1.55. The lowest BCUT2D eigenvalue weighted by Gasteiger charge is -2.08. The number of nitrogens with zero attached hydrogens (tertiary/aromatic N) is 6. The number of imidazole rings is 1. The van der Waals surface area contributed by atoms with Gasteiger partial charge < -0.3 is 4.57 Å². The van der Waals surface area contributed by atoms with Gasteiger partial charge in [0.15, 0.2) is 5.69 Å². The molecule has 4 rings (SSSR count). The number of carbonyl (C=O) groups is 2. The first-order valence-electron chi connectivity index (χ1n) is 10.3. The van der Waals surface area contributed by atoms with Gasteiger partial charge in [0.2, 0.25) is 0 Å². The molecule has 1 aromatic carbocycles. The van der Waals surface area contributed by atoms with Gasteiger partial charge in [0.25, 0.3) is 11.8 Å². The van der Waals surface area contributed by atoms with E-state index in [2.05, 4.69) is 36.0 Å². The Morgan fingerprint density at radius 2 is 1.35 bits per heavy atom.